The van der Waals surface area contributed by atoms with E-state index in [2.05, 4.69) is 52.7 Å². The van der Waals surface area contributed by atoms with Gasteiger partial charge in [0.05, 0.1) is 37.6 Å². The van der Waals surface area contributed by atoms with Gasteiger partial charge in [-0.2, -0.15) is 9.29 Å². The molecule has 2 aliphatic rings. The second kappa shape index (κ2) is 36.6. The highest BCUT2D eigenvalue weighted by Gasteiger charge is 2.45. The molecule has 0 spiro atoms. The lowest BCUT2D eigenvalue weighted by molar-refractivity contribution is -0.195. The van der Waals surface area contributed by atoms with Crippen LogP contribution < -0.4 is 11.4 Å². The second-order valence-electron chi connectivity index (χ2n) is 19.3. The first kappa shape index (κ1) is 65.9. The van der Waals surface area contributed by atoms with Crippen LogP contribution in [0, 0.1) is 11.8 Å². The SMILES string of the molecule is CCCCC/C=C\C/C=C\C/C=C\CCCCCCC(=O)O[C@@H]1COC(=O)CCCCCC[C@@H]2[C@H](n3ccc(N)nc3=O)O[C@H](COP(=O)(O)OP(=O)(O)OC1)[C@@H](O)[C@@H](O)[C@@H](/C=C/[C@@H](O)CCCCC)[C@H](O)C[C@@H]2O. The number of aliphatic hydroxyl groups is 5. The molecule has 3 rings (SSSR count). The van der Waals surface area contributed by atoms with Crippen molar-refractivity contribution in [2.45, 2.75) is 210 Å². The number of nitrogens with zero attached hydrogens (tertiary/aromatic N) is 2. The number of phosphoric acid groups is 2. The molecule has 0 radical (unpaired) electrons. The summed E-state index contributed by atoms with van der Waals surface area (Å²) < 4.78 is 59.3. The molecule has 2 fully saturated rings. The molecule has 75 heavy (non-hydrogen) atoms. The number of rotatable bonds is 23. The molecule has 0 aromatic carbocycles. The van der Waals surface area contributed by atoms with E-state index < -0.39 is 120 Å². The average molecular weight is 1100 g/mol. The molecule has 0 saturated carbocycles. The van der Waals surface area contributed by atoms with Gasteiger partial charge in [0.2, 0.25) is 0 Å². The minimum absolute atomic E-state index is 0.0197. The lowest BCUT2D eigenvalue weighted by Gasteiger charge is -2.41. The highest BCUT2D eigenvalue weighted by atomic mass is 31.3. The van der Waals surface area contributed by atoms with Gasteiger partial charge in [0.25, 0.3) is 0 Å². The van der Waals surface area contributed by atoms with E-state index in [1.54, 1.807) is 0 Å². The molecule has 2 saturated heterocycles. The molecule has 21 nitrogen and oxygen atoms in total. The van der Waals surface area contributed by atoms with Gasteiger partial charge in [-0.05, 0) is 70.3 Å². The lowest BCUT2D eigenvalue weighted by Crippen LogP contribution is -2.52. The van der Waals surface area contributed by atoms with Gasteiger partial charge in [-0.25, -0.2) is 13.9 Å². The maximum absolute atomic E-state index is 13.4. The summed E-state index contributed by atoms with van der Waals surface area (Å²) in [4.78, 5) is 64.4. The van der Waals surface area contributed by atoms with Crippen LogP contribution in [0.2, 0.25) is 0 Å². The fraction of sp³-hybridized carbons (Fsp3) is 0.731. The van der Waals surface area contributed by atoms with Crippen LogP contribution in [0.5, 0.6) is 0 Å². The van der Waals surface area contributed by atoms with Crippen molar-refractivity contribution in [3.05, 3.63) is 71.4 Å². The zero-order chi connectivity index (χ0) is 55.1. The topological polar surface area (TPSA) is 326 Å². The minimum Gasteiger partial charge on any atom is -0.462 e. The van der Waals surface area contributed by atoms with Crippen LogP contribution >= 0.6 is 15.6 Å². The van der Waals surface area contributed by atoms with Crippen LogP contribution in [-0.2, 0) is 46.3 Å². The van der Waals surface area contributed by atoms with Gasteiger partial charge in [0.15, 0.2) is 6.10 Å². The number of nitrogens with two attached hydrogens (primary N) is 1. The number of anilines is 1. The molecule has 2 bridgehead atoms. The molecule has 1 aromatic rings. The Hall–Kier alpha value is -3.40. The number of esters is 2. The number of carbonyl (C=O) groups excluding carboxylic acids is 2. The third-order valence-corrected chi connectivity index (χ3v) is 15.6. The Balaban J connectivity index is 1.77. The van der Waals surface area contributed by atoms with Crippen molar-refractivity contribution in [3.63, 3.8) is 0 Å². The molecule has 3 heterocycles. The maximum atomic E-state index is 13.4. The summed E-state index contributed by atoms with van der Waals surface area (Å²) >= 11 is 0. The van der Waals surface area contributed by atoms with Gasteiger partial charge in [-0.15, -0.1) is 0 Å². The number of phosphoric ester groups is 2. The molecule has 0 amide bonds. The Kier molecular flexibility index (Phi) is 32.2. The van der Waals surface area contributed by atoms with E-state index in [0.29, 0.717) is 44.9 Å². The Morgan fingerprint density at radius 2 is 1.44 bits per heavy atom. The molecule has 23 heteroatoms. The number of ether oxygens (including phenoxy) is 3. The number of hydrogen-bond acceptors (Lipinski definition) is 18. The number of cyclic esters (lactones) is 1. The van der Waals surface area contributed by atoms with Crippen LogP contribution in [0.25, 0.3) is 0 Å². The van der Waals surface area contributed by atoms with E-state index in [1.807, 2.05) is 6.92 Å². The summed E-state index contributed by atoms with van der Waals surface area (Å²) in [5.74, 6) is -4.03. The van der Waals surface area contributed by atoms with Crippen LogP contribution in [0.3, 0.4) is 0 Å². The molecule has 428 valence electrons. The number of fused-ring (bicyclic) bond motifs is 3. The standard InChI is InChI=1S/C52H87N3O18P2/c1-3-5-7-8-9-10-11-12-13-14-15-16-17-18-19-20-26-30-48(60)71-40-36-68-47(59)29-25-22-21-24-28-42-44(58)35-43(57)41(32-31-39(56)27-23-6-4-2)49(61)50(62)45(38-70-75(66,67)73-74(64,65)69-37-40)72-51(42)55-34-33-46(53)54-52(55)63/h9-10,12-13,15-16,31-34,39-45,49-51,56-58,61-62H,3-8,11,14,17-30,35-38H2,1-2H3,(H,64,65)(H,66,67)(H2,53,54,63)/b10-9-,13-12-,16-15-,32-31+/t39-,40+,41-,42-,43+,44-,45+,49-,50+,51+/m0/s1. The third-order valence-electron chi connectivity index (χ3n) is 13.0. The predicted molar refractivity (Wildman–Crippen MR) is 281 cm³/mol. The number of carbonyl (C=O) groups is 2. The molecule has 2 aliphatic heterocycles. The van der Waals surface area contributed by atoms with E-state index in [4.69, 9.17) is 29.0 Å². The Labute approximate surface area is 442 Å². The lowest BCUT2D eigenvalue weighted by atomic mass is 9.82. The van der Waals surface area contributed by atoms with Crippen molar-refractivity contribution < 1.29 is 81.6 Å². The van der Waals surface area contributed by atoms with Crippen molar-refractivity contribution in [1.82, 2.24) is 9.55 Å². The first-order valence-electron chi connectivity index (χ1n) is 26.9. The van der Waals surface area contributed by atoms with Crippen LogP contribution in [-0.4, -0.2) is 119 Å². The summed E-state index contributed by atoms with van der Waals surface area (Å²) in [5, 5.41) is 57.6. The second-order valence-corrected chi connectivity index (χ2v) is 22.4. The third kappa shape index (κ3) is 27.2. The van der Waals surface area contributed by atoms with Gasteiger partial charge in [-0.3, -0.25) is 23.2 Å². The number of nitrogen functional groups attached to an aromatic ring is 1. The largest absolute Gasteiger partial charge is 0.481 e. The average Bonchev–Trinajstić information content (AvgIpc) is 3.35. The number of hydrogen-bond donors (Lipinski definition) is 8. The fourth-order valence-corrected chi connectivity index (χ4v) is 10.8. The summed E-state index contributed by atoms with van der Waals surface area (Å²) in [5.41, 5.74) is 4.81. The van der Waals surface area contributed by atoms with Crippen molar-refractivity contribution in [1.29, 1.82) is 0 Å². The maximum Gasteiger partial charge on any atom is 0.481 e. The Bertz CT molecular complexity index is 2070. The normalized spacial score (nSPS) is 30.1. The number of allylic oxidation sites excluding steroid dienone is 6. The van der Waals surface area contributed by atoms with E-state index in [0.717, 1.165) is 62.4 Å². The van der Waals surface area contributed by atoms with E-state index in [9.17, 15) is 58.8 Å². The molecule has 9 N–H and O–H groups in total. The van der Waals surface area contributed by atoms with E-state index in [-0.39, 0.29) is 25.1 Å². The van der Waals surface area contributed by atoms with Gasteiger partial charge in [0.1, 0.15) is 30.9 Å². The van der Waals surface area contributed by atoms with Crippen molar-refractivity contribution in [2.24, 2.45) is 11.8 Å². The summed E-state index contributed by atoms with van der Waals surface area (Å²) in [6.45, 7) is 1.49. The zero-order valence-electron chi connectivity index (χ0n) is 43.9. The van der Waals surface area contributed by atoms with Gasteiger partial charge >= 0.3 is 33.3 Å². The van der Waals surface area contributed by atoms with Gasteiger partial charge in [-0.1, -0.05) is 127 Å². The molecule has 1 aromatic heterocycles. The highest BCUT2D eigenvalue weighted by molar-refractivity contribution is 7.61. The minimum atomic E-state index is -5.70. The van der Waals surface area contributed by atoms with Gasteiger partial charge < -0.3 is 55.3 Å². The highest BCUT2D eigenvalue weighted by Crippen LogP contribution is 2.60. The summed E-state index contributed by atoms with van der Waals surface area (Å²) in [7, 11) is -11.3. The quantitative estimate of drug-likeness (QED) is 0.0225. The van der Waals surface area contributed by atoms with E-state index in [1.165, 1.54) is 43.7 Å². The molecule has 2 unspecified atom stereocenters. The van der Waals surface area contributed by atoms with Gasteiger partial charge in [0, 0.05) is 37.3 Å². The van der Waals surface area contributed by atoms with Crippen molar-refractivity contribution in [2.75, 3.05) is 25.6 Å². The summed E-state index contributed by atoms with van der Waals surface area (Å²) in [6, 6.07) is 1.26. The zero-order valence-corrected chi connectivity index (χ0v) is 45.7. The monoisotopic (exact) mass is 1100 g/mol. The van der Waals surface area contributed by atoms with Crippen molar-refractivity contribution in [3.8, 4) is 0 Å². The van der Waals surface area contributed by atoms with Crippen LogP contribution in [0.1, 0.15) is 168 Å². The van der Waals surface area contributed by atoms with E-state index >= 15 is 0 Å². The number of aromatic nitrogens is 2. The number of unbranched alkanes of at least 4 members (excludes halogenated alkanes) is 9. The number of aliphatic hydroxyl groups excluding tert-OH is 5. The fourth-order valence-electron chi connectivity index (χ4n) is 8.69. The molecular weight excluding hydrogens is 1020 g/mol. The van der Waals surface area contributed by atoms with Crippen molar-refractivity contribution >= 4 is 33.4 Å². The first-order chi connectivity index (χ1) is 35.9. The molecular formula is C52H87N3O18P2. The Morgan fingerprint density at radius 1 is 0.813 bits per heavy atom. The predicted octanol–water partition coefficient (Wildman–Crippen LogP) is 7.72. The van der Waals surface area contributed by atoms with Crippen LogP contribution in [0.4, 0.5) is 5.82 Å². The molecule has 12 atom stereocenters. The Morgan fingerprint density at radius 3 is 2.12 bits per heavy atom. The smallest absolute Gasteiger partial charge is 0.462 e. The first-order valence-corrected chi connectivity index (χ1v) is 29.9. The van der Waals surface area contributed by atoms with Crippen LogP contribution in [0.15, 0.2) is 65.7 Å². The molecule has 0 aliphatic carbocycles. The summed E-state index contributed by atoms with van der Waals surface area (Å²) in [6.07, 6.45) is 18.2.